The SMILES string of the molecule is CC(O)(C=O)c1cc(Cl)cnc1N. The highest BCUT2D eigenvalue weighted by atomic mass is 35.5. The molecule has 0 aliphatic carbocycles. The first-order chi connectivity index (χ1) is 5.97. The third-order valence-corrected chi connectivity index (χ3v) is 1.87. The molecule has 0 amide bonds. The molecule has 1 aromatic heterocycles. The fourth-order valence-corrected chi connectivity index (χ4v) is 1.08. The molecule has 0 saturated carbocycles. The van der Waals surface area contributed by atoms with Crippen LogP contribution in [-0.2, 0) is 10.4 Å². The van der Waals surface area contributed by atoms with Gasteiger partial charge in [-0.25, -0.2) is 4.98 Å². The Morgan fingerprint density at radius 1 is 1.77 bits per heavy atom. The molecule has 0 aliphatic rings. The first kappa shape index (κ1) is 9.95. The summed E-state index contributed by atoms with van der Waals surface area (Å²) in [5.41, 5.74) is 4.04. The number of carbonyl (C=O) groups excluding carboxylic acids is 1. The van der Waals surface area contributed by atoms with Crippen LogP contribution in [0.4, 0.5) is 5.82 Å². The molecule has 1 unspecified atom stereocenters. The summed E-state index contributed by atoms with van der Waals surface area (Å²) >= 11 is 5.63. The van der Waals surface area contributed by atoms with Gasteiger partial charge in [-0.15, -0.1) is 0 Å². The molecule has 0 spiro atoms. The van der Waals surface area contributed by atoms with Gasteiger partial charge in [0.15, 0.2) is 6.29 Å². The van der Waals surface area contributed by atoms with E-state index in [-0.39, 0.29) is 11.4 Å². The number of nitrogens with two attached hydrogens (primary N) is 1. The van der Waals surface area contributed by atoms with Crippen molar-refractivity contribution in [3.8, 4) is 0 Å². The summed E-state index contributed by atoms with van der Waals surface area (Å²) in [6.07, 6.45) is 1.73. The van der Waals surface area contributed by atoms with Crippen LogP contribution < -0.4 is 5.73 Å². The average Bonchev–Trinajstić information content (AvgIpc) is 2.09. The van der Waals surface area contributed by atoms with Gasteiger partial charge in [0, 0.05) is 11.8 Å². The smallest absolute Gasteiger partial charge is 0.155 e. The number of aliphatic hydroxyl groups is 1. The van der Waals surface area contributed by atoms with Crippen LogP contribution >= 0.6 is 11.6 Å². The van der Waals surface area contributed by atoms with Gasteiger partial charge in [0.1, 0.15) is 11.4 Å². The van der Waals surface area contributed by atoms with E-state index in [0.717, 1.165) is 0 Å². The van der Waals surface area contributed by atoms with Crippen LogP contribution in [0.1, 0.15) is 12.5 Å². The van der Waals surface area contributed by atoms with Gasteiger partial charge < -0.3 is 10.8 Å². The number of nitrogen functional groups attached to an aromatic ring is 1. The number of aromatic nitrogens is 1. The molecule has 13 heavy (non-hydrogen) atoms. The minimum atomic E-state index is -1.64. The lowest BCUT2D eigenvalue weighted by Gasteiger charge is -2.17. The first-order valence-corrected chi connectivity index (χ1v) is 3.95. The zero-order chi connectivity index (χ0) is 10.1. The van der Waals surface area contributed by atoms with Crippen molar-refractivity contribution in [2.24, 2.45) is 0 Å². The van der Waals surface area contributed by atoms with E-state index in [2.05, 4.69) is 4.98 Å². The van der Waals surface area contributed by atoms with Crippen LogP contribution in [0.5, 0.6) is 0 Å². The maximum Gasteiger partial charge on any atom is 0.155 e. The summed E-state index contributed by atoms with van der Waals surface area (Å²) in [7, 11) is 0. The third kappa shape index (κ3) is 1.96. The van der Waals surface area contributed by atoms with Gasteiger partial charge in [0.2, 0.25) is 0 Å². The third-order valence-electron chi connectivity index (χ3n) is 1.66. The van der Waals surface area contributed by atoms with Crippen LogP contribution in [0.3, 0.4) is 0 Å². The number of anilines is 1. The van der Waals surface area contributed by atoms with Gasteiger partial charge in [-0.3, -0.25) is 4.79 Å². The Morgan fingerprint density at radius 3 is 2.92 bits per heavy atom. The van der Waals surface area contributed by atoms with Crippen LogP contribution in [0.15, 0.2) is 12.3 Å². The maximum atomic E-state index is 10.5. The van der Waals surface area contributed by atoms with E-state index in [4.69, 9.17) is 17.3 Å². The van der Waals surface area contributed by atoms with Crippen molar-refractivity contribution in [2.75, 3.05) is 5.73 Å². The normalized spacial score (nSPS) is 15.0. The largest absolute Gasteiger partial charge is 0.383 e. The fourth-order valence-electron chi connectivity index (χ4n) is 0.919. The van der Waals surface area contributed by atoms with Crippen molar-refractivity contribution < 1.29 is 9.90 Å². The Hall–Kier alpha value is -1.13. The van der Waals surface area contributed by atoms with Crippen molar-refractivity contribution in [1.82, 2.24) is 4.98 Å². The van der Waals surface area contributed by atoms with E-state index < -0.39 is 5.60 Å². The Bertz CT molecular complexity index is 339. The van der Waals surface area contributed by atoms with Crippen molar-refractivity contribution in [1.29, 1.82) is 0 Å². The maximum absolute atomic E-state index is 10.5. The molecule has 3 N–H and O–H groups in total. The second kappa shape index (κ2) is 3.32. The number of hydrogen-bond acceptors (Lipinski definition) is 4. The molecule has 5 heteroatoms. The Morgan fingerprint density at radius 2 is 2.38 bits per heavy atom. The number of aldehydes is 1. The lowest BCUT2D eigenvalue weighted by Crippen LogP contribution is -2.24. The molecule has 70 valence electrons. The number of halogens is 1. The van der Waals surface area contributed by atoms with E-state index in [0.29, 0.717) is 11.3 Å². The predicted octanol–water partition coefficient (Wildman–Crippen LogP) is 0.724. The van der Waals surface area contributed by atoms with Gasteiger partial charge in [0.25, 0.3) is 0 Å². The van der Waals surface area contributed by atoms with Crippen molar-refractivity contribution in [2.45, 2.75) is 12.5 Å². The second-order valence-corrected chi connectivity index (χ2v) is 3.29. The minimum Gasteiger partial charge on any atom is -0.383 e. The highest BCUT2D eigenvalue weighted by molar-refractivity contribution is 6.30. The zero-order valence-electron chi connectivity index (χ0n) is 6.99. The molecule has 0 radical (unpaired) electrons. The standard InChI is InChI=1S/C8H9ClN2O2/c1-8(13,4-12)6-2-5(9)3-11-7(6)10/h2-4,13H,1H3,(H2,10,11). The average molecular weight is 201 g/mol. The second-order valence-electron chi connectivity index (χ2n) is 2.85. The van der Waals surface area contributed by atoms with Crippen LogP contribution in [-0.4, -0.2) is 16.4 Å². The van der Waals surface area contributed by atoms with Gasteiger partial charge in [-0.2, -0.15) is 0 Å². The van der Waals surface area contributed by atoms with E-state index in [1.165, 1.54) is 19.2 Å². The summed E-state index contributed by atoms with van der Waals surface area (Å²) in [6, 6.07) is 1.41. The summed E-state index contributed by atoms with van der Waals surface area (Å²) in [5.74, 6) is 0.0986. The fraction of sp³-hybridized carbons (Fsp3) is 0.250. The van der Waals surface area contributed by atoms with Crippen molar-refractivity contribution in [3.63, 3.8) is 0 Å². The summed E-state index contributed by atoms with van der Waals surface area (Å²) < 4.78 is 0. The molecule has 4 nitrogen and oxygen atoms in total. The number of nitrogens with zero attached hydrogens (tertiary/aromatic N) is 1. The molecular weight excluding hydrogens is 192 g/mol. The lowest BCUT2D eigenvalue weighted by molar-refractivity contribution is -0.123. The summed E-state index contributed by atoms with van der Waals surface area (Å²) in [4.78, 5) is 14.2. The van der Waals surface area contributed by atoms with Crippen LogP contribution in [0.2, 0.25) is 5.02 Å². The number of carbonyl (C=O) groups is 1. The molecule has 1 aromatic rings. The summed E-state index contributed by atoms with van der Waals surface area (Å²) in [5, 5.41) is 9.88. The van der Waals surface area contributed by atoms with Gasteiger partial charge in [-0.1, -0.05) is 11.6 Å². The van der Waals surface area contributed by atoms with E-state index in [1.807, 2.05) is 0 Å². The lowest BCUT2D eigenvalue weighted by atomic mass is 9.99. The van der Waals surface area contributed by atoms with E-state index in [1.54, 1.807) is 0 Å². The monoisotopic (exact) mass is 200 g/mol. The molecule has 0 fully saturated rings. The van der Waals surface area contributed by atoms with Crippen LogP contribution in [0.25, 0.3) is 0 Å². The number of rotatable bonds is 2. The topological polar surface area (TPSA) is 76.2 Å². The Kier molecular flexibility index (Phi) is 2.54. The molecule has 0 bridgehead atoms. The van der Waals surface area contributed by atoms with Gasteiger partial charge in [-0.05, 0) is 13.0 Å². The molecular formula is C8H9ClN2O2. The number of pyridine rings is 1. The van der Waals surface area contributed by atoms with Gasteiger partial charge in [0.05, 0.1) is 5.02 Å². The molecule has 0 saturated heterocycles. The first-order valence-electron chi connectivity index (χ1n) is 3.57. The van der Waals surface area contributed by atoms with Gasteiger partial charge >= 0.3 is 0 Å². The highest BCUT2D eigenvalue weighted by Crippen LogP contribution is 2.25. The van der Waals surface area contributed by atoms with E-state index in [9.17, 15) is 9.90 Å². The molecule has 0 aromatic carbocycles. The molecule has 0 aliphatic heterocycles. The predicted molar refractivity (Wildman–Crippen MR) is 49.3 cm³/mol. The van der Waals surface area contributed by atoms with Crippen LogP contribution in [0, 0.1) is 0 Å². The Balaban J connectivity index is 3.28. The highest BCUT2D eigenvalue weighted by Gasteiger charge is 2.25. The van der Waals surface area contributed by atoms with E-state index >= 15 is 0 Å². The molecule has 1 rings (SSSR count). The summed E-state index contributed by atoms with van der Waals surface area (Å²) in [6.45, 7) is 1.32. The molecule has 1 heterocycles. The quantitative estimate of drug-likeness (QED) is 0.690. The minimum absolute atomic E-state index is 0.0986. The Labute approximate surface area is 80.3 Å². The van der Waals surface area contributed by atoms with Crippen molar-refractivity contribution >= 4 is 23.7 Å². The number of hydrogen-bond donors (Lipinski definition) is 2. The zero-order valence-corrected chi connectivity index (χ0v) is 7.75. The van der Waals surface area contributed by atoms with Crippen molar-refractivity contribution in [3.05, 3.63) is 22.8 Å². The molecule has 1 atom stereocenters.